The maximum atomic E-state index is 6.24. The third kappa shape index (κ3) is 7.10. The molecule has 4 atom stereocenters. The van der Waals surface area contributed by atoms with Crippen molar-refractivity contribution in [3.05, 3.63) is 23.3 Å². The summed E-state index contributed by atoms with van der Waals surface area (Å²) in [4.78, 5) is 2.76. The highest BCUT2D eigenvalue weighted by Gasteiger charge is 2.40. The molecule has 0 aromatic heterocycles. The molecule has 1 heterocycles. The Morgan fingerprint density at radius 2 is 2.00 bits per heavy atom. The predicted molar refractivity (Wildman–Crippen MR) is 132 cm³/mol. The number of likely N-dealkylation sites (tertiary alicyclic amines) is 1. The summed E-state index contributed by atoms with van der Waals surface area (Å²) in [7, 11) is 0. The molecular formula is C27H47ClN2. The van der Waals surface area contributed by atoms with E-state index in [1.165, 1.54) is 77.5 Å². The Morgan fingerprint density at radius 3 is 2.63 bits per heavy atom. The molecule has 0 saturated carbocycles. The number of nitrogens with zero attached hydrogens (tertiary/aromatic N) is 1. The van der Waals surface area contributed by atoms with Crippen LogP contribution in [-0.4, -0.2) is 37.1 Å². The van der Waals surface area contributed by atoms with Crippen molar-refractivity contribution in [3.8, 4) is 0 Å². The molecule has 0 aromatic carbocycles. The van der Waals surface area contributed by atoms with Crippen molar-refractivity contribution >= 4 is 11.6 Å². The van der Waals surface area contributed by atoms with Crippen molar-refractivity contribution < 1.29 is 0 Å². The minimum Gasteiger partial charge on any atom is -0.312 e. The first kappa shape index (κ1) is 24.3. The van der Waals surface area contributed by atoms with Crippen molar-refractivity contribution in [2.24, 2.45) is 29.1 Å². The zero-order valence-corrected chi connectivity index (χ0v) is 20.9. The maximum Gasteiger partial charge on any atom is 0.0217 e. The summed E-state index contributed by atoms with van der Waals surface area (Å²) in [5.41, 5.74) is 0.399. The topological polar surface area (TPSA) is 15.3 Å². The Kier molecular flexibility index (Phi) is 9.35. The molecule has 1 aliphatic heterocycles. The fourth-order valence-electron chi connectivity index (χ4n) is 6.29. The number of hydrogen-bond acceptors (Lipinski definition) is 2. The first-order chi connectivity index (χ1) is 14.3. The Hall–Kier alpha value is -0.310. The molecule has 3 rings (SSSR count). The number of rotatable bonds is 9. The van der Waals surface area contributed by atoms with Gasteiger partial charge in [-0.1, -0.05) is 57.5 Å². The van der Waals surface area contributed by atoms with Crippen molar-refractivity contribution in [1.29, 1.82) is 0 Å². The van der Waals surface area contributed by atoms with Gasteiger partial charge in [-0.05, 0) is 100.0 Å². The molecule has 1 saturated heterocycles. The van der Waals surface area contributed by atoms with Crippen molar-refractivity contribution in [1.82, 2.24) is 10.2 Å². The molecule has 2 aliphatic carbocycles. The van der Waals surface area contributed by atoms with E-state index < -0.39 is 0 Å². The normalized spacial score (nSPS) is 31.0. The molecule has 0 radical (unpaired) electrons. The van der Waals surface area contributed by atoms with Crippen LogP contribution in [0.2, 0.25) is 0 Å². The summed E-state index contributed by atoms with van der Waals surface area (Å²) in [6, 6.07) is 0.611. The van der Waals surface area contributed by atoms with Crippen molar-refractivity contribution in [2.75, 3.05) is 26.2 Å². The Morgan fingerprint density at radius 1 is 1.17 bits per heavy atom. The molecule has 0 amide bonds. The average Bonchev–Trinajstić information content (AvgIpc) is 2.71. The van der Waals surface area contributed by atoms with Crippen LogP contribution in [0.3, 0.4) is 0 Å². The molecule has 172 valence electrons. The van der Waals surface area contributed by atoms with Gasteiger partial charge in [0, 0.05) is 24.2 Å². The van der Waals surface area contributed by atoms with E-state index in [2.05, 4.69) is 56.1 Å². The zero-order valence-electron chi connectivity index (χ0n) is 20.1. The van der Waals surface area contributed by atoms with Crippen LogP contribution < -0.4 is 5.32 Å². The summed E-state index contributed by atoms with van der Waals surface area (Å²) in [5, 5.41) is 5.02. The van der Waals surface area contributed by atoms with Gasteiger partial charge < -0.3 is 10.2 Å². The quantitative estimate of drug-likeness (QED) is 0.310. The number of allylic oxidation sites excluding steroid dienone is 4. The van der Waals surface area contributed by atoms with Gasteiger partial charge in [-0.2, -0.15) is 0 Å². The van der Waals surface area contributed by atoms with Gasteiger partial charge in [-0.25, -0.2) is 0 Å². The van der Waals surface area contributed by atoms with Gasteiger partial charge in [0.25, 0.3) is 0 Å². The molecular weight excluding hydrogens is 388 g/mol. The lowest BCUT2D eigenvalue weighted by Crippen LogP contribution is -2.53. The van der Waals surface area contributed by atoms with Gasteiger partial charge in [-0.3, -0.25) is 0 Å². The summed E-state index contributed by atoms with van der Waals surface area (Å²) in [6.45, 7) is 14.7. The second-order valence-electron chi connectivity index (χ2n) is 11.4. The Bertz CT molecular complexity index is 579. The second kappa shape index (κ2) is 11.5. The van der Waals surface area contributed by atoms with Gasteiger partial charge in [0.2, 0.25) is 0 Å². The molecule has 30 heavy (non-hydrogen) atoms. The monoisotopic (exact) mass is 434 g/mol. The van der Waals surface area contributed by atoms with E-state index in [0.29, 0.717) is 17.4 Å². The van der Waals surface area contributed by atoms with E-state index in [-0.39, 0.29) is 0 Å². The van der Waals surface area contributed by atoms with Gasteiger partial charge in [0.05, 0.1) is 0 Å². The molecule has 0 spiro atoms. The Balaban J connectivity index is 1.43. The minimum absolute atomic E-state index is 0.399. The zero-order chi connectivity index (χ0) is 21.6. The summed E-state index contributed by atoms with van der Waals surface area (Å²) >= 11 is 6.24. The largest absolute Gasteiger partial charge is 0.312 e. The van der Waals surface area contributed by atoms with E-state index in [9.17, 15) is 0 Å². The first-order valence-corrected chi connectivity index (χ1v) is 13.2. The highest BCUT2D eigenvalue weighted by atomic mass is 35.5. The van der Waals surface area contributed by atoms with Gasteiger partial charge in [-0.15, -0.1) is 0 Å². The molecule has 1 fully saturated rings. The SMILES string of the molecule is CC(C)[C@H](CN1CCC(C2CC=C(Cl)CC2)C(C)(C)C1)NCCCC1CC=CCC1. The fourth-order valence-corrected chi connectivity index (χ4v) is 6.49. The molecule has 0 aromatic rings. The third-order valence-electron chi connectivity index (χ3n) is 8.19. The highest BCUT2D eigenvalue weighted by Crippen LogP contribution is 2.44. The smallest absolute Gasteiger partial charge is 0.0217 e. The summed E-state index contributed by atoms with van der Waals surface area (Å²) < 4.78 is 0. The van der Waals surface area contributed by atoms with E-state index in [1.807, 2.05) is 0 Å². The molecule has 3 heteroatoms. The maximum absolute atomic E-state index is 6.24. The molecule has 0 bridgehead atoms. The van der Waals surface area contributed by atoms with Crippen LogP contribution in [0, 0.1) is 29.1 Å². The van der Waals surface area contributed by atoms with Crippen LogP contribution >= 0.6 is 11.6 Å². The minimum atomic E-state index is 0.399. The van der Waals surface area contributed by atoms with Crippen LogP contribution in [0.4, 0.5) is 0 Å². The van der Waals surface area contributed by atoms with E-state index in [4.69, 9.17) is 11.6 Å². The number of halogens is 1. The van der Waals surface area contributed by atoms with E-state index in [1.54, 1.807) is 0 Å². The van der Waals surface area contributed by atoms with Crippen molar-refractivity contribution in [2.45, 2.75) is 91.5 Å². The molecule has 1 N–H and O–H groups in total. The van der Waals surface area contributed by atoms with Crippen LogP contribution in [0.15, 0.2) is 23.3 Å². The third-order valence-corrected chi connectivity index (χ3v) is 8.53. The van der Waals surface area contributed by atoms with Crippen LogP contribution in [-0.2, 0) is 0 Å². The number of nitrogens with one attached hydrogen (secondary N) is 1. The highest BCUT2D eigenvalue weighted by molar-refractivity contribution is 6.29. The van der Waals surface area contributed by atoms with Gasteiger partial charge >= 0.3 is 0 Å². The molecule has 3 unspecified atom stereocenters. The predicted octanol–water partition coefficient (Wildman–Crippen LogP) is 7.01. The van der Waals surface area contributed by atoms with E-state index >= 15 is 0 Å². The number of piperidine rings is 1. The van der Waals surface area contributed by atoms with Crippen LogP contribution in [0.1, 0.15) is 85.5 Å². The van der Waals surface area contributed by atoms with Crippen LogP contribution in [0.25, 0.3) is 0 Å². The summed E-state index contributed by atoms with van der Waals surface area (Å²) in [6.07, 6.45) is 18.7. The standard InChI is InChI=1S/C27H47ClN2/c1-21(2)26(29-17-8-11-22-9-6-5-7-10-22)19-30-18-16-25(27(3,4)20-30)23-12-14-24(28)15-13-23/h5-6,14,21-23,25-26,29H,7-13,15-20H2,1-4H3/t22?,23?,25?,26-/m0/s1. The first-order valence-electron chi connectivity index (χ1n) is 12.8. The van der Waals surface area contributed by atoms with Gasteiger partial charge in [0.1, 0.15) is 0 Å². The van der Waals surface area contributed by atoms with Crippen LogP contribution in [0.5, 0.6) is 0 Å². The number of hydrogen-bond donors (Lipinski definition) is 1. The molecule has 2 nitrogen and oxygen atoms in total. The molecule has 3 aliphatic rings. The van der Waals surface area contributed by atoms with Crippen molar-refractivity contribution in [3.63, 3.8) is 0 Å². The lowest BCUT2D eigenvalue weighted by atomic mass is 9.65. The summed E-state index contributed by atoms with van der Waals surface area (Å²) in [5.74, 6) is 3.29. The van der Waals surface area contributed by atoms with Gasteiger partial charge in [0.15, 0.2) is 0 Å². The Labute approximate surface area is 191 Å². The lowest BCUT2D eigenvalue weighted by molar-refractivity contribution is 0.0118. The second-order valence-corrected chi connectivity index (χ2v) is 11.9. The average molecular weight is 435 g/mol. The lowest BCUT2D eigenvalue weighted by Gasteiger charge is -2.49. The fraction of sp³-hybridized carbons (Fsp3) is 0.852. The van der Waals surface area contributed by atoms with E-state index in [0.717, 1.165) is 29.2 Å².